The van der Waals surface area contributed by atoms with Gasteiger partial charge < -0.3 is 15.4 Å². The van der Waals surface area contributed by atoms with Crippen molar-refractivity contribution in [3.8, 4) is 5.75 Å². The SMILES string of the molecule is COc1ccccc1C1C(C(=O)Nc2cccc(C)n2)=C(C)NC2=C1C(=O)CCC2. The monoisotopic (exact) mass is 403 g/mol. The second kappa shape index (κ2) is 8.14. The first-order valence-corrected chi connectivity index (χ1v) is 10.1. The highest BCUT2D eigenvalue weighted by Gasteiger charge is 2.39. The number of carbonyl (C=O) groups excluding carboxylic acids is 2. The molecule has 6 heteroatoms. The van der Waals surface area contributed by atoms with Crippen molar-refractivity contribution in [3.05, 3.63) is 76.3 Å². The van der Waals surface area contributed by atoms with Gasteiger partial charge in [-0.2, -0.15) is 0 Å². The molecule has 1 unspecified atom stereocenters. The maximum absolute atomic E-state index is 13.4. The Balaban J connectivity index is 1.82. The number of aryl methyl sites for hydroxylation is 1. The van der Waals surface area contributed by atoms with Crippen LogP contribution >= 0.6 is 0 Å². The minimum atomic E-state index is -0.491. The molecule has 0 fully saturated rings. The van der Waals surface area contributed by atoms with Crippen LogP contribution in [0.15, 0.2) is 65.0 Å². The van der Waals surface area contributed by atoms with Crippen LogP contribution in [0.25, 0.3) is 0 Å². The van der Waals surface area contributed by atoms with Crippen LogP contribution in [0.1, 0.15) is 43.4 Å². The number of hydrogen-bond donors (Lipinski definition) is 2. The quantitative estimate of drug-likeness (QED) is 0.806. The van der Waals surface area contributed by atoms with Crippen LogP contribution in [0.5, 0.6) is 5.75 Å². The predicted octanol–water partition coefficient (Wildman–Crippen LogP) is 4.01. The average Bonchev–Trinajstić information content (AvgIpc) is 2.72. The number of dihydropyridines is 1. The van der Waals surface area contributed by atoms with Crippen LogP contribution in [0.2, 0.25) is 0 Å². The highest BCUT2D eigenvalue weighted by molar-refractivity contribution is 6.09. The van der Waals surface area contributed by atoms with E-state index in [1.54, 1.807) is 13.2 Å². The number of pyridine rings is 1. The van der Waals surface area contributed by atoms with Gasteiger partial charge in [0, 0.05) is 40.2 Å². The molecule has 2 aliphatic rings. The molecule has 2 N–H and O–H groups in total. The van der Waals surface area contributed by atoms with Gasteiger partial charge in [0.05, 0.1) is 13.0 Å². The van der Waals surface area contributed by atoms with Crippen LogP contribution < -0.4 is 15.4 Å². The van der Waals surface area contributed by atoms with Gasteiger partial charge in [0.15, 0.2) is 5.78 Å². The van der Waals surface area contributed by atoms with E-state index in [1.165, 1.54) is 0 Å². The summed E-state index contributed by atoms with van der Waals surface area (Å²) in [6.07, 6.45) is 2.09. The van der Waals surface area contributed by atoms with Crippen molar-refractivity contribution < 1.29 is 14.3 Å². The molecule has 1 atom stereocenters. The van der Waals surface area contributed by atoms with E-state index in [-0.39, 0.29) is 11.7 Å². The normalized spacial score (nSPS) is 18.6. The number of benzene rings is 1. The Morgan fingerprint density at radius 2 is 1.93 bits per heavy atom. The zero-order chi connectivity index (χ0) is 21.3. The third-order valence-electron chi connectivity index (χ3n) is 5.60. The molecule has 0 saturated carbocycles. The number of aromatic nitrogens is 1. The number of nitrogens with one attached hydrogen (secondary N) is 2. The highest BCUT2D eigenvalue weighted by Crippen LogP contribution is 2.45. The number of para-hydroxylation sites is 1. The van der Waals surface area contributed by atoms with Gasteiger partial charge in [-0.15, -0.1) is 0 Å². The molecule has 30 heavy (non-hydrogen) atoms. The lowest BCUT2D eigenvalue weighted by Gasteiger charge is -2.35. The number of amides is 1. The minimum absolute atomic E-state index is 0.0751. The van der Waals surface area contributed by atoms with Crippen molar-refractivity contribution >= 4 is 17.5 Å². The van der Waals surface area contributed by atoms with Crippen LogP contribution in [-0.2, 0) is 9.59 Å². The first kappa shape index (κ1) is 19.9. The largest absolute Gasteiger partial charge is 0.496 e. The third-order valence-corrected chi connectivity index (χ3v) is 5.60. The van der Waals surface area contributed by atoms with Crippen molar-refractivity contribution in [2.24, 2.45) is 0 Å². The van der Waals surface area contributed by atoms with Gasteiger partial charge in [0.25, 0.3) is 5.91 Å². The molecule has 0 saturated heterocycles. The number of ketones is 1. The first-order chi connectivity index (χ1) is 14.5. The Morgan fingerprint density at radius 1 is 1.13 bits per heavy atom. The van der Waals surface area contributed by atoms with E-state index < -0.39 is 5.92 Å². The number of allylic oxidation sites excluding steroid dienone is 3. The highest BCUT2D eigenvalue weighted by atomic mass is 16.5. The number of hydrogen-bond acceptors (Lipinski definition) is 5. The molecule has 154 valence electrons. The van der Waals surface area contributed by atoms with Crippen molar-refractivity contribution in [3.63, 3.8) is 0 Å². The molecule has 0 bridgehead atoms. The van der Waals surface area contributed by atoms with E-state index in [1.807, 2.05) is 50.2 Å². The van der Waals surface area contributed by atoms with Crippen molar-refractivity contribution in [1.29, 1.82) is 0 Å². The minimum Gasteiger partial charge on any atom is -0.496 e. The van der Waals surface area contributed by atoms with Crippen molar-refractivity contribution in [1.82, 2.24) is 10.3 Å². The first-order valence-electron chi connectivity index (χ1n) is 10.1. The molecular weight excluding hydrogens is 378 g/mol. The Kier molecular flexibility index (Phi) is 5.40. The number of Topliss-reactive ketones (excluding diaryl/α,β-unsaturated/α-hetero) is 1. The fraction of sp³-hybridized carbons (Fsp3) is 0.292. The van der Waals surface area contributed by atoms with E-state index in [2.05, 4.69) is 15.6 Å². The zero-order valence-electron chi connectivity index (χ0n) is 17.4. The lowest BCUT2D eigenvalue weighted by molar-refractivity contribution is -0.116. The van der Waals surface area contributed by atoms with E-state index in [0.29, 0.717) is 29.1 Å². The Labute approximate surface area is 176 Å². The molecule has 2 aromatic rings. The zero-order valence-corrected chi connectivity index (χ0v) is 17.4. The summed E-state index contributed by atoms with van der Waals surface area (Å²) in [7, 11) is 1.60. The number of ether oxygens (including phenoxy) is 1. The van der Waals surface area contributed by atoms with Gasteiger partial charge in [0.2, 0.25) is 0 Å². The molecule has 6 nitrogen and oxygen atoms in total. The van der Waals surface area contributed by atoms with Gasteiger partial charge in [0.1, 0.15) is 11.6 Å². The Hall–Kier alpha value is -3.41. The van der Waals surface area contributed by atoms with Gasteiger partial charge in [-0.3, -0.25) is 9.59 Å². The number of carbonyl (C=O) groups is 2. The number of methoxy groups -OCH3 is 1. The molecule has 1 amide bonds. The number of nitrogens with zero attached hydrogens (tertiary/aromatic N) is 1. The molecule has 1 aromatic heterocycles. The Bertz CT molecular complexity index is 1080. The van der Waals surface area contributed by atoms with Gasteiger partial charge in [-0.25, -0.2) is 4.98 Å². The topological polar surface area (TPSA) is 80.3 Å². The van der Waals surface area contributed by atoms with Gasteiger partial charge in [-0.1, -0.05) is 24.3 Å². The van der Waals surface area contributed by atoms with Crippen LogP contribution in [0.4, 0.5) is 5.82 Å². The molecular formula is C24H25N3O3. The lowest BCUT2D eigenvalue weighted by atomic mass is 9.74. The molecule has 4 rings (SSSR count). The number of rotatable bonds is 4. The fourth-order valence-corrected chi connectivity index (χ4v) is 4.30. The molecule has 1 aromatic carbocycles. The van der Waals surface area contributed by atoms with Crippen molar-refractivity contribution in [2.75, 3.05) is 12.4 Å². The van der Waals surface area contributed by atoms with E-state index >= 15 is 0 Å². The molecule has 1 aliphatic carbocycles. The van der Waals surface area contributed by atoms with Crippen LogP contribution in [0, 0.1) is 6.92 Å². The summed E-state index contributed by atoms with van der Waals surface area (Å²) < 4.78 is 5.59. The summed E-state index contributed by atoms with van der Waals surface area (Å²) in [6.45, 7) is 3.75. The maximum atomic E-state index is 13.4. The summed E-state index contributed by atoms with van der Waals surface area (Å²) >= 11 is 0. The molecule has 2 heterocycles. The molecule has 1 aliphatic heterocycles. The van der Waals surface area contributed by atoms with Gasteiger partial charge >= 0.3 is 0 Å². The van der Waals surface area contributed by atoms with E-state index in [0.717, 1.165) is 35.5 Å². The molecule has 0 spiro atoms. The smallest absolute Gasteiger partial charge is 0.255 e. The van der Waals surface area contributed by atoms with E-state index in [4.69, 9.17) is 4.74 Å². The second-order valence-electron chi connectivity index (χ2n) is 7.63. The summed E-state index contributed by atoms with van der Waals surface area (Å²) in [5.41, 5.74) is 4.45. The standard InChI is InChI=1S/C24H25N3O3/c1-14-8-6-13-20(25-14)27-24(29)21-15(2)26-17-10-7-11-18(28)23(17)22(21)16-9-4-5-12-19(16)30-3/h4-6,8-9,12-13,22,26H,7,10-11H2,1-3H3,(H,25,27,29). The Morgan fingerprint density at radius 3 is 2.70 bits per heavy atom. The third kappa shape index (κ3) is 3.61. The van der Waals surface area contributed by atoms with Crippen molar-refractivity contribution in [2.45, 2.75) is 39.0 Å². The summed E-state index contributed by atoms with van der Waals surface area (Å²) in [5.74, 6) is 0.440. The molecule has 0 radical (unpaired) electrons. The fourth-order valence-electron chi connectivity index (χ4n) is 4.30. The number of anilines is 1. The lowest BCUT2D eigenvalue weighted by Crippen LogP contribution is -2.35. The van der Waals surface area contributed by atoms with E-state index in [9.17, 15) is 9.59 Å². The summed E-state index contributed by atoms with van der Waals surface area (Å²) in [5, 5.41) is 6.24. The summed E-state index contributed by atoms with van der Waals surface area (Å²) in [4.78, 5) is 30.8. The predicted molar refractivity (Wildman–Crippen MR) is 115 cm³/mol. The summed E-state index contributed by atoms with van der Waals surface area (Å²) in [6, 6.07) is 13.0. The van der Waals surface area contributed by atoms with Gasteiger partial charge in [-0.05, 0) is 44.9 Å². The second-order valence-corrected chi connectivity index (χ2v) is 7.63. The van der Waals surface area contributed by atoms with Crippen LogP contribution in [0.3, 0.4) is 0 Å². The maximum Gasteiger partial charge on any atom is 0.255 e. The van der Waals surface area contributed by atoms with Crippen LogP contribution in [-0.4, -0.2) is 23.8 Å². The average molecular weight is 403 g/mol.